The Morgan fingerprint density at radius 2 is 1.76 bits per heavy atom. The van der Waals surface area contributed by atoms with Crippen LogP contribution in [0.1, 0.15) is 51.4 Å². The van der Waals surface area contributed by atoms with Crippen LogP contribution in [0.5, 0.6) is 5.75 Å². The molecule has 2 aliphatic rings. The summed E-state index contributed by atoms with van der Waals surface area (Å²) >= 11 is 0. The van der Waals surface area contributed by atoms with Crippen molar-refractivity contribution in [3.8, 4) is 5.75 Å². The zero-order valence-electron chi connectivity index (χ0n) is 14.9. The Morgan fingerprint density at radius 3 is 2.48 bits per heavy atom. The van der Waals surface area contributed by atoms with Crippen LogP contribution in [0.15, 0.2) is 24.3 Å². The molecule has 1 amide bonds. The molecule has 1 aliphatic heterocycles. The molecule has 1 aliphatic carbocycles. The highest BCUT2D eigenvalue weighted by Gasteiger charge is 2.44. The molecule has 2 fully saturated rings. The number of rotatable bonds is 6. The fourth-order valence-electron chi connectivity index (χ4n) is 4.20. The number of likely N-dealkylation sites (tertiary alicyclic amines) is 1. The average molecular weight is 348 g/mol. The fourth-order valence-corrected chi connectivity index (χ4v) is 4.20. The summed E-state index contributed by atoms with van der Waals surface area (Å²) in [6, 6.07) is 6.36. The lowest BCUT2D eigenvalue weighted by molar-refractivity contribution is -0.137. The van der Waals surface area contributed by atoms with Crippen LogP contribution in [0.2, 0.25) is 0 Å². The van der Waals surface area contributed by atoms with E-state index >= 15 is 0 Å². The first-order valence-electron chi connectivity index (χ1n) is 9.63. The summed E-state index contributed by atoms with van der Waals surface area (Å²) in [7, 11) is 0. The van der Waals surface area contributed by atoms with E-state index in [1.54, 1.807) is 18.2 Å². The van der Waals surface area contributed by atoms with E-state index < -0.39 is 0 Å². The van der Waals surface area contributed by atoms with Crippen molar-refractivity contribution in [1.82, 2.24) is 10.2 Å². The minimum atomic E-state index is -0.370. The predicted octanol–water partition coefficient (Wildman–Crippen LogP) is 3.51. The van der Waals surface area contributed by atoms with E-state index in [0.717, 1.165) is 38.8 Å². The number of amides is 1. The Morgan fingerprint density at radius 1 is 1.08 bits per heavy atom. The maximum Gasteiger partial charge on any atom is 0.240 e. The summed E-state index contributed by atoms with van der Waals surface area (Å²) < 4.78 is 19.0. The van der Waals surface area contributed by atoms with E-state index in [1.165, 1.54) is 31.7 Å². The number of ether oxygens (including phenoxy) is 1. The fraction of sp³-hybridized carbons (Fsp3) is 0.650. The molecule has 1 N–H and O–H groups in total. The maximum absolute atomic E-state index is 13.6. The molecule has 5 heteroatoms. The number of carbonyl (C=O) groups excluding carboxylic acids is 1. The van der Waals surface area contributed by atoms with E-state index in [9.17, 15) is 9.18 Å². The van der Waals surface area contributed by atoms with Gasteiger partial charge in [-0.25, -0.2) is 4.39 Å². The van der Waals surface area contributed by atoms with Gasteiger partial charge < -0.3 is 10.1 Å². The Labute approximate surface area is 149 Å². The van der Waals surface area contributed by atoms with Crippen LogP contribution in [0.3, 0.4) is 0 Å². The van der Waals surface area contributed by atoms with Gasteiger partial charge in [-0.15, -0.1) is 0 Å². The Kier molecular flexibility index (Phi) is 6.29. The number of nitrogens with one attached hydrogen (secondary N) is 1. The summed E-state index contributed by atoms with van der Waals surface area (Å²) in [5.41, 5.74) is -0.337. The number of carbonyl (C=O) groups is 1. The lowest BCUT2D eigenvalue weighted by Crippen LogP contribution is -2.61. The molecule has 0 aromatic heterocycles. The maximum atomic E-state index is 13.6. The summed E-state index contributed by atoms with van der Waals surface area (Å²) in [4.78, 5) is 15.4. The van der Waals surface area contributed by atoms with Gasteiger partial charge in [-0.2, -0.15) is 0 Å². The SMILES string of the molecule is O=C(NCCOc1ccccc1F)C1(N2CCCCC2)CCCCC1. The second-order valence-electron chi connectivity index (χ2n) is 7.17. The van der Waals surface area contributed by atoms with Crippen molar-refractivity contribution in [3.05, 3.63) is 30.1 Å². The van der Waals surface area contributed by atoms with Gasteiger partial charge in [0.1, 0.15) is 12.1 Å². The van der Waals surface area contributed by atoms with Crippen LogP contribution in [-0.4, -0.2) is 42.6 Å². The van der Waals surface area contributed by atoms with Crippen molar-refractivity contribution in [2.75, 3.05) is 26.2 Å². The molecule has 0 bridgehead atoms. The molecule has 1 saturated heterocycles. The lowest BCUT2D eigenvalue weighted by atomic mass is 9.78. The molecule has 4 nitrogen and oxygen atoms in total. The number of benzene rings is 1. The number of hydrogen-bond acceptors (Lipinski definition) is 3. The molecule has 1 saturated carbocycles. The van der Waals surface area contributed by atoms with Crippen molar-refractivity contribution in [1.29, 1.82) is 0 Å². The summed E-state index contributed by atoms with van der Waals surface area (Å²) in [5, 5.41) is 3.05. The van der Waals surface area contributed by atoms with Gasteiger partial charge in [-0.1, -0.05) is 37.8 Å². The van der Waals surface area contributed by atoms with Gasteiger partial charge in [-0.3, -0.25) is 9.69 Å². The quantitative estimate of drug-likeness (QED) is 0.800. The van der Waals surface area contributed by atoms with Crippen LogP contribution in [0.4, 0.5) is 4.39 Å². The molecule has 25 heavy (non-hydrogen) atoms. The highest BCUT2D eigenvalue weighted by atomic mass is 19.1. The number of para-hydroxylation sites is 1. The molecule has 0 radical (unpaired) electrons. The Bertz CT molecular complexity index is 567. The van der Waals surface area contributed by atoms with E-state index in [-0.39, 0.29) is 29.6 Å². The monoisotopic (exact) mass is 348 g/mol. The predicted molar refractivity (Wildman–Crippen MR) is 96.1 cm³/mol. The smallest absolute Gasteiger partial charge is 0.240 e. The Hall–Kier alpha value is -1.62. The second kappa shape index (κ2) is 8.65. The molecule has 1 aromatic rings. The van der Waals surface area contributed by atoms with E-state index in [1.807, 2.05) is 0 Å². The standard InChI is InChI=1S/C20H29FN2O2/c21-17-9-3-4-10-18(17)25-16-13-22-19(24)20(11-5-1-6-12-20)23-14-7-2-8-15-23/h3-4,9-10H,1-2,5-8,11-16H2,(H,22,24). The van der Waals surface area contributed by atoms with E-state index in [4.69, 9.17) is 4.74 Å². The molecule has 1 heterocycles. The molecule has 3 rings (SSSR count). The lowest BCUT2D eigenvalue weighted by Gasteiger charge is -2.46. The van der Waals surface area contributed by atoms with Gasteiger partial charge >= 0.3 is 0 Å². The molecule has 138 valence electrons. The summed E-state index contributed by atoms with van der Waals surface area (Å²) in [5.74, 6) is -0.00251. The zero-order chi connectivity index (χ0) is 17.5. The molecule has 0 unspecified atom stereocenters. The number of halogens is 1. The largest absolute Gasteiger partial charge is 0.489 e. The molecular formula is C20H29FN2O2. The van der Waals surface area contributed by atoms with Crippen molar-refractivity contribution in [2.24, 2.45) is 0 Å². The topological polar surface area (TPSA) is 41.6 Å². The molecule has 0 spiro atoms. The van der Waals surface area contributed by atoms with E-state index in [0.29, 0.717) is 6.54 Å². The minimum absolute atomic E-state index is 0.131. The average Bonchev–Trinajstić information content (AvgIpc) is 2.67. The van der Waals surface area contributed by atoms with Gasteiger partial charge in [0.25, 0.3) is 0 Å². The van der Waals surface area contributed by atoms with Crippen LogP contribution in [-0.2, 0) is 4.79 Å². The second-order valence-corrected chi connectivity index (χ2v) is 7.17. The molecule has 0 atom stereocenters. The molecular weight excluding hydrogens is 319 g/mol. The normalized spacial score (nSPS) is 20.8. The van der Waals surface area contributed by atoms with Crippen LogP contribution in [0, 0.1) is 5.82 Å². The third-order valence-electron chi connectivity index (χ3n) is 5.55. The highest BCUT2D eigenvalue weighted by molar-refractivity contribution is 5.86. The van der Waals surface area contributed by atoms with Gasteiger partial charge in [0.2, 0.25) is 5.91 Å². The third-order valence-corrected chi connectivity index (χ3v) is 5.55. The van der Waals surface area contributed by atoms with E-state index in [2.05, 4.69) is 10.2 Å². The molecule has 1 aromatic carbocycles. The van der Waals surface area contributed by atoms with Crippen LogP contribution >= 0.6 is 0 Å². The van der Waals surface area contributed by atoms with Crippen molar-refractivity contribution in [2.45, 2.75) is 56.9 Å². The van der Waals surface area contributed by atoms with Gasteiger partial charge in [0.15, 0.2) is 11.6 Å². The van der Waals surface area contributed by atoms with Crippen LogP contribution in [0.25, 0.3) is 0 Å². The number of nitrogens with zero attached hydrogens (tertiary/aromatic N) is 1. The first-order chi connectivity index (χ1) is 12.2. The zero-order valence-corrected chi connectivity index (χ0v) is 14.9. The van der Waals surface area contributed by atoms with Gasteiger partial charge in [-0.05, 0) is 50.9 Å². The highest BCUT2D eigenvalue weighted by Crippen LogP contribution is 2.35. The van der Waals surface area contributed by atoms with Crippen LogP contribution < -0.4 is 10.1 Å². The van der Waals surface area contributed by atoms with Gasteiger partial charge in [0.05, 0.1) is 6.54 Å². The van der Waals surface area contributed by atoms with Crippen molar-refractivity contribution >= 4 is 5.91 Å². The number of piperidine rings is 1. The first-order valence-corrected chi connectivity index (χ1v) is 9.63. The summed E-state index contributed by atoms with van der Waals surface area (Å²) in [6.07, 6.45) is 9.01. The third kappa shape index (κ3) is 4.32. The minimum Gasteiger partial charge on any atom is -0.489 e. The van der Waals surface area contributed by atoms with Crippen molar-refractivity contribution < 1.29 is 13.9 Å². The summed E-state index contributed by atoms with van der Waals surface area (Å²) in [6.45, 7) is 2.74. The Balaban J connectivity index is 1.54. The first kappa shape index (κ1) is 18.2. The van der Waals surface area contributed by atoms with Crippen molar-refractivity contribution in [3.63, 3.8) is 0 Å². The van der Waals surface area contributed by atoms with Gasteiger partial charge in [0, 0.05) is 0 Å². The number of hydrogen-bond donors (Lipinski definition) is 1.